The molecule has 0 amide bonds. The van der Waals surface area contributed by atoms with Gasteiger partial charge in [0.15, 0.2) is 0 Å². The molecular weight excluding hydrogens is 136 g/mol. The molecule has 2 heteroatoms. The van der Waals surface area contributed by atoms with Crippen LogP contribution in [0.2, 0.25) is 0 Å². The lowest BCUT2D eigenvalue weighted by atomic mass is 10.1. The molecule has 3 rings (SSSR count). The van der Waals surface area contributed by atoms with E-state index >= 15 is 0 Å². The maximum absolute atomic E-state index is 3.36. The quantitative estimate of drug-likeness (QED) is 0.586. The normalized spacial score (nSPS) is 44.7. The summed E-state index contributed by atoms with van der Waals surface area (Å²) in [6, 6.07) is 1.92. The fraction of sp³-hybridized carbons (Fsp3) is 1.00. The van der Waals surface area contributed by atoms with Crippen LogP contribution in [0.1, 0.15) is 19.3 Å². The SMILES string of the molecule is C1C[C@@H]2C[C@@H]2N(C2CNC2)C1. The standard InChI is InChI=1S/C9H16N2/c1-2-7-4-9(7)11(3-1)8-5-10-6-8/h7-10H,1-6H2/t7-,9+/m1/s1. The van der Waals surface area contributed by atoms with E-state index in [-0.39, 0.29) is 0 Å². The van der Waals surface area contributed by atoms with E-state index in [2.05, 4.69) is 10.2 Å². The van der Waals surface area contributed by atoms with E-state index in [4.69, 9.17) is 0 Å². The van der Waals surface area contributed by atoms with E-state index in [1.165, 1.54) is 38.9 Å². The lowest BCUT2D eigenvalue weighted by molar-refractivity contribution is 0.111. The van der Waals surface area contributed by atoms with Crippen molar-refractivity contribution in [2.45, 2.75) is 31.3 Å². The largest absolute Gasteiger partial charge is 0.314 e. The van der Waals surface area contributed by atoms with Crippen molar-refractivity contribution in [3.63, 3.8) is 0 Å². The minimum absolute atomic E-state index is 0.908. The zero-order chi connectivity index (χ0) is 7.26. The average molecular weight is 152 g/mol. The van der Waals surface area contributed by atoms with Crippen molar-refractivity contribution in [3.8, 4) is 0 Å². The highest BCUT2D eigenvalue weighted by molar-refractivity contribution is 5.02. The third-order valence-corrected chi connectivity index (χ3v) is 3.53. The maximum Gasteiger partial charge on any atom is 0.0348 e. The van der Waals surface area contributed by atoms with E-state index in [9.17, 15) is 0 Å². The first kappa shape index (κ1) is 6.44. The second-order valence-electron chi connectivity index (χ2n) is 4.26. The molecule has 2 atom stereocenters. The van der Waals surface area contributed by atoms with Crippen molar-refractivity contribution >= 4 is 0 Å². The van der Waals surface area contributed by atoms with Gasteiger partial charge in [0.05, 0.1) is 0 Å². The van der Waals surface area contributed by atoms with Crippen molar-refractivity contribution in [2.24, 2.45) is 5.92 Å². The highest BCUT2D eigenvalue weighted by Gasteiger charge is 2.46. The Morgan fingerprint density at radius 1 is 1.27 bits per heavy atom. The predicted molar refractivity (Wildman–Crippen MR) is 44.5 cm³/mol. The molecule has 2 saturated heterocycles. The fourth-order valence-electron chi connectivity index (χ4n) is 2.61. The van der Waals surface area contributed by atoms with Gasteiger partial charge in [-0.1, -0.05) is 0 Å². The number of piperidine rings is 1. The van der Waals surface area contributed by atoms with E-state index < -0.39 is 0 Å². The zero-order valence-corrected chi connectivity index (χ0v) is 6.92. The van der Waals surface area contributed by atoms with E-state index in [1.807, 2.05) is 0 Å². The molecule has 11 heavy (non-hydrogen) atoms. The van der Waals surface area contributed by atoms with E-state index in [0.29, 0.717) is 0 Å². The molecule has 1 saturated carbocycles. The second kappa shape index (κ2) is 2.20. The summed E-state index contributed by atoms with van der Waals surface area (Å²) in [5, 5.41) is 3.36. The van der Waals surface area contributed by atoms with Crippen LogP contribution in [-0.2, 0) is 0 Å². The molecule has 2 aliphatic heterocycles. The van der Waals surface area contributed by atoms with Crippen LogP contribution in [0, 0.1) is 5.92 Å². The predicted octanol–water partition coefficient (Wildman–Crippen LogP) is 0.442. The third-order valence-electron chi connectivity index (χ3n) is 3.53. The minimum atomic E-state index is 0.908. The lowest BCUT2D eigenvalue weighted by Crippen LogP contribution is -2.58. The number of hydrogen-bond acceptors (Lipinski definition) is 2. The summed E-state index contributed by atoms with van der Waals surface area (Å²) in [5.41, 5.74) is 0. The van der Waals surface area contributed by atoms with Crippen LogP contribution in [-0.4, -0.2) is 36.6 Å². The molecule has 0 aromatic rings. The van der Waals surface area contributed by atoms with Gasteiger partial charge < -0.3 is 5.32 Å². The number of nitrogens with one attached hydrogen (secondary N) is 1. The summed E-state index contributed by atoms with van der Waals surface area (Å²) in [6.07, 6.45) is 4.48. The molecule has 1 aliphatic carbocycles. The summed E-state index contributed by atoms with van der Waals surface area (Å²) >= 11 is 0. The zero-order valence-electron chi connectivity index (χ0n) is 6.92. The van der Waals surface area contributed by atoms with Crippen LogP contribution in [0.5, 0.6) is 0 Å². The molecule has 1 N–H and O–H groups in total. The van der Waals surface area contributed by atoms with Crippen molar-refractivity contribution in [3.05, 3.63) is 0 Å². The van der Waals surface area contributed by atoms with Crippen molar-refractivity contribution < 1.29 is 0 Å². The van der Waals surface area contributed by atoms with E-state index in [0.717, 1.165) is 18.0 Å². The Morgan fingerprint density at radius 2 is 2.18 bits per heavy atom. The molecule has 3 fully saturated rings. The molecule has 0 radical (unpaired) electrons. The Hall–Kier alpha value is -0.0800. The second-order valence-corrected chi connectivity index (χ2v) is 4.26. The van der Waals surface area contributed by atoms with Crippen LogP contribution in [0.4, 0.5) is 0 Å². The van der Waals surface area contributed by atoms with Gasteiger partial charge in [-0.25, -0.2) is 0 Å². The Kier molecular flexibility index (Phi) is 1.29. The first-order chi connectivity index (χ1) is 5.45. The first-order valence-corrected chi connectivity index (χ1v) is 4.91. The van der Waals surface area contributed by atoms with Crippen molar-refractivity contribution in [1.29, 1.82) is 0 Å². The van der Waals surface area contributed by atoms with Gasteiger partial charge in [0.2, 0.25) is 0 Å². The van der Waals surface area contributed by atoms with Crippen molar-refractivity contribution in [1.82, 2.24) is 10.2 Å². The molecule has 0 unspecified atom stereocenters. The number of hydrogen-bond donors (Lipinski definition) is 1. The third kappa shape index (κ3) is 0.926. The molecule has 2 heterocycles. The molecular formula is C9H16N2. The Bertz CT molecular complexity index is 163. The van der Waals surface area contributed by atoms with Gasteiger partial charge in [-0.2, -0.15) is 0 Å². The summed E-state index contributed by atoms with van der Waals surface area (Å²) in [5.74, 6) is 1.10. The molecule has 62 valence electrons. The Morgan fingerprint density at radius 3 is 2.91 bits per heavy atom. The molecule has 3 aliphatic rings. The van der Waals surface area contributed by atoms with Crippen LogP contribution < -0.4 is 5.32 Å². The van der Waals surface area contributed by atoms with Crippen molar-refractivity contribution in [2.75, 3.05) is 19.6 Å². The number of nitrogens with zero attached hydrogens (tertiary/aromatic N) is 1. The highest BCUT2D eigenvalue weighted by atomic mass is 15.3. The van der Waals surface area contributed by atoms with Gasteiger partial charge in [0.25, 0.3) is 0 Å². The Balaban J connectivity index is 1.67. The summed E-state index contributed by atoms with van der Waals surface area (Å²) < 4.78 is 0. The van der Waals surface area contributed by atoms with Gasteiger partial charge in [-0.15, -0.1) is 0 Å². The summed E-state index contributed by atoms with van der Waals surface area (Å²) in [4.78, 5) is 2.75. The molecule has 0 aromatic heterocycles. The molecule has 0 bridgehead atoms. The molecule has 2 nitrogen and oxygen atoms in total. The lowest BCUT2D eigenvalue weighted by Gasteiger charge is -2.40. The smallest absolute Gasteiger partial charge is 0.0348 e. The maximum atomic E-state index is 3.36. The number of likely N-dealkylation sites (tertiary alicyclic amines) is 1. The van der Waals surface area contributed by atoms with E-state index in [1.54, 1.807) is 0 Å². The van der Waals surface area contributed by atoms with Crippen LogP contribution in [0.3, 0.4) is 0 Å². The molecule has 0 aromatic carbocycles. The molecule has 0 spiro atoms. The van der Waals surface area contributed by atoms with Crippen LogP contribution >= 0.6 is 0 Å². The number of rotatable bonds is 1. The van der Waals surface area contributed by atoms with Gasteiger partial charge in [0.1, 0.15) is 0 Å². The topological polar surface area (TPSA) is 15.3 Å². The number of fused-ring (bicyclic) bond motifs is 1. The van der Waals surface area contributed by atoms with Gasteiger partial charge in [0, 0.05) is 25.2 Å². The van der Waals surface area contributed by atoms with Gasteiger partial charge in [-0.05, 0) is 31.7 Å². The minimum Gasteiger partial charge on any atom is -0.314 e. The Labute approximate surface area is 68.0 Å². The average Bonchev–Trinajstić information content (AvgIpc) is 2.62. The first-order valence-electron chi connectivity index (χ1n) is 4.91. The fourth-order valence-corrected chi connectivity index (χ4v) is 2.61. The van der Waals surface area contributed by atoms with Gasteiger partial charge >= 0.3 is 0 Å². The summed E-state index contributed by atoms with van der Waals surface area (Å²) in [7, 11) is 0. The summed E-state index contributed by atoms with van der Waals surface area (Å²) in [6.45, 7) is 3.89. The van der Waals surface area contributed by atoms with Gasteiger partial charge in [-0.3, -0.25) is 4.90 Å². The van der Waals surface area contributed by atoms with Crippen LogP contribution in [0.15, 0.2) is 0 Å². The highest BCUT2D eigenvalue weighted by Crippen LogP contribution is 2.44. The monoisotopic (exact) mass is 152 g/mol. The van der Waals surface area contributed by atoms with Crippen LogP contribution in [0.25, 0.3) is 0 Å².